The van der Waals surface area contributed by atoms with Gasteiger partial charge in [-0.05, 0) is 55.5 Å². The third-order valence-electron chi connectivity index (χ3n) is 3.30. The van der Waals surface area contributed by atoms with Crippen LogP contribution in [0.2, 0.25) is 0 Å². The molecule has 1 unspecified atom stereocenters. The van der Waals surface area contributed by atoms with Crippen molar-refractivity contribution >= 4 is 0 Å². The molecule has 0 aliphatic heterocycles. The van der Waals surface area contributed by atoms with Gasteiger partial charge in [0.25, 0.3) is 0 Å². The SMILES string of the molecule is CCCC(N)c1c(C)cc(OC)c(C)c1C. The lowest BCUT2D eigenvalue weighted by atomic mass is 9.90. The number of nitrogens with two attached hydrogens (primary N) is 1. The van der Waals surface area contributed by atoms with Crippen molar-refractivity contribution in [3.05, 3.63) is 28.3 Å². The Bertz CT molecular complexity index is 371. The van der Waals surface area contributed by atoms with Crippen LogP contribution < -0.4 is 10.5 Å². The van der Waals surface area contributed by atoms with Gasteiger partial charge in [0.2, 0.25) is 0 Å². The number of methoxy groups -OCH3 is 1. The molecule has 0 aliphatic carbocycles. The first-order valence-corrected chi connectivity index (χ1v) is 5.93. The average Bonchev–Trinajstić information content (AvgIpc) is 2.24. The molecule has 0 radical (unpaired) electrons. The van der Waals surface area contributed by atoms with E-state index in [4.69, 9.17) is 10.5 Å². The first-order valence-electron chi connectivity index (χ1n) is 5.93. The van der Waals surface area contributed by atoms with Gasteiger partial charge in [0, 0.05) is 6.04 Å². The molecule has 1 atom stereocenters. The molecule has 90 valence electrons. The fraction of sp³-hybridized carbons (Fsp3) is 0.571. The second kappa shape index (κ2) is 5.35. The van der Waals surface area contributed by atoms with E-state index in [0.29, 0.717) is 0 Å². The molecule has 0 heterocycles. The normalized spacial score (nSPS) is 12.6. The maximum absolute atomic E-state index is 6.23. The Balaban J connectivity index is 3.24. The summed E-state index contributed by atoms with van der Waals surface area (Å²) in [5.74, 6) is 0.961. The predicted octanol–water partition coefficient (Wildman–Crippen LogP) is 3.42. The molecule has 0 saturated heterocycles. The van der Waals surface area contributed by atoms with E-state index in [0.717, 1.165) is 18.6 Å². The summed E-state index contributed by atoms with van der Waals surface area (Å²) in [6.07, 6.45) is 2.15. The number of hydrogen-bond acceptors (Lipinski definition) is 2. The summed E-state index contributed by atoms with van der Waals surface area (Å²) < 4.78 is 5.36. The van der Waals surface area contributed by atoms with Gasteiger partial charge >= 0.3 is 0 Å². The van der Waals surface area contributed by atoms with Gasteiger partial charge in [0.05, 0.1) is 7.11 Å². The summed E-state index contributed by atoms with van der Waals surface area (Å²) in [6, 6.07) is 2.24. The molecule has 0 saturated carbocycles. The summed E-state index contributed by atoms with van der Waals surface area (Å²) in [5.41, 5.74) is 11.2. The van der Waals surface area contributed by atoms with Crippen LogP contribution in [0.15, 0.2) is 6.07 Å². The Morgan fingerprint density at radius 1 is 1.25 bits per heavy atom. The van der Waals surface area contributed by atoms with E-state index in [1.54, 1.807) is 7.11 Å². The van der Waals surface area contributed by atoms with Gasteiger partial charge < -0.3 is 10.5 Å². The van der Waals surface area contributed by atoms with Crippen molar-refractivity contribution < 1.29 is 4.74 Å². The van der Waals surface area contributed by atoms with Gasteiger partial charge in [-0.15, -0.1) is 0 Å². The highest BCUT2D eigenvalue weighted by Crippen LogP contribution is 2.31. The van der Waals surface area contributed by atoms with Gasteiger partial charge in [-0.25, -0.2) is 0 Å². The standard InChI is InChI=1S/C14H23NO/c1-6-7-12(15)14-9(2)8-13(16-5)10(3)11(14)4/h8,12H,6-7,15H2,1-5H3. The fourth-order valence-corrected chi connectivity index (χ4v) is 2.30. The first kappa shape index (κ1) is 13.0. The molecule has 1 aromatic carbocycles. The van der Waals surface area contributed by atoms with Crippen molar-refractivity contribution in [2.75, 3.05) is 7.11 Å². The lowest BCUT2D eigenvalue weighted by molar-refractivity contribution is 0.410. The van der Waals surface area contributed by atoms with Crippen LogP contribution in [0.1, 0.15) is 48.1 Å². The second-order valence-electron chi connectivity index (χ2n) is 4.45. The van der Waals surface area contributed by atoms with Gasteiger partial charge in [-0.1, -0.05) is 13.3 Å². The maximum atomic E-state index is 6.23. The molecule has 2 nitrogen and oxygen atoms in total. The van der Waals surface area contributed by atoms with Crippen LogP contribution in [0.5, 0.6) is 5.75 Å². The monoisotopic (exact) mass is 221 g/mol. The minimum Gasteiger partial charge on any atom is -0.496 e. The molecule has 2 heteroatoms. The van der Waals surface area contributed by atoms with Gasteiger partial charge in [0.1, 0.15) is 5.75 Å². The Morgan fingerprint density at radius 2 is 1.88 bits per heavy atom. The predicted molar refractivity (Wildman–Crippen MR) is 69.0 cm³/mol. The minimum atomic E-state index is 0.148. The van der Waals surface area contributed by atoms with Crippen LogP contribution >= 0.6 is 0 Å². The molecule has 16 heavy (non-hydrogen) atoms. The number of hydrogen-bond donors (Lipinski definition) is 1. The van der Waals surface area contributed by atoms with Crippen LogP contribution in [0, 0.1) is 20.8 Å². The van der Waals surface area contributed by atoms with Crippen LogP contribution in [-0.2, 0) is 0 Å². The van der Waals surface area contributed by atoms with Crippen molar-refractivity contribution in [2.24, 2.45) is 5.73 Å². The first-order chi connectivity index (χ1) is 7.52. The highest BCUT2D eigenvalue weighted by Gasteiger charge is 2.15. The highest BCUT2D eigenvalue weighted by atomic mass is 16.5. The molecule has 0 bridgehead atoms. The highest BCUT2D eigenvalue weighted by molar-refractivity contribution is 5.49. The van der Waals surface area contributed by atoms with Gasteiger partial charge in [0.15, 0.2) is 0 Å². The molecular formula is C14H23NO. The summed E-state index contributed by atoms with van der Waals surface area (Å²) in [6.45, 7) is 8.51. The van der Waals surface area contributed by atoms with E-state index in [2.05, 4.69) is 33.8 Å². The summed E-state index contributed by atoms with van der Waals surface area (Å²) in [5, 5.41) is 0. The maximum Gasteiger partial charge on any atom is 0.122 e. The van der Waals surface area contributed by atoms with Crippen molar-refractivity contribution in [2.45, 2.75) is 46.6 Å². The zero-order valence-electron chi connectivity index (χ0n) is 11.1. The Morgan fingerprint density at radius 3 is 2.38 bits per heavy atom. The van der Waals surface area contributed by atoms with E-state index >= 15 is 0 Å². The van der Waals surface area contributed by atoms with E-state index in [9.17, 15) is 0 Å². The third-order valence-corrected chi connectivity index (χ3v) is 3.30. The zero-order chi connectivity index (χ0) is 12.3. The number of ether oxygens (including phenoxy) is 1. The lowest BCUT2D eigenvalue weighted by Gasteiger charge is -2.20. The van der Waals surface area contributed by atoms with Crippen molar-refractivity contribution in [1.82, 2.24) is 0 Å². The molecule has 0 amide bonds. The Hall–Kier alpha value is -1.02. The third kappa shape index (κ3) is 2.38. The van der Waals surface area contributed by atoms with Crippen molar-refractivity contribution in [1.29, 1.82) is 0 Å². The van der Waals surface area contributed by atoms with E-state index in [-0.39, 0.29) is 6.04 Å². The Kier molecular flexibility index (Phi) is 4.36. The summed E-state index contributed by atoms with van der Waals surface area (Å²) in [7, 11) is 1.72. The minimum absolute atomic E-state index is 0.148. The lowest BCUT2D eigenvalue weighted by Crippen LogP contribution is -2.14. The fourth-order valence-electron chi connectivity index (χ4n) is 2.30. The van der Waals surface area contributed by atoms with E-state index < -0.39 is 0 Å². The Labute approximate surface area is 98.8 Å². The average molecular weight is 221 g/mol. The number of aryl methyl sites for hydroxylation is 1. The molecule has 1 rings (SSSR count). The second-order valence-corrected chi connectivity index (χ2v) is 4.45. The molecular weight excluding hydrogens is 198 g/mol. The number of rotatable bonds is 4. The molecule has 0 aliphatic rings. The summed E-state index contributed by atoms with van der Waals surface area (Å²) in [4.78, 5) is 0. The molecule has 2 N–H and O–H groups in total. The topological polar surface area (TPSA) is 35.2 Å². The van der Waals surface area contributed by atoms with Crippen molar-refractivity contribution in [3.8, 4) is 5.75 Å². The number of benzene rings is 1. The molecule has 0 aromatic heterocycles. The molecule has 1 aromatic rings. The molecule has 0 fully saturated rings. The quantitative estimate of drug-likeness (QED) is 0.845. The van der Waals surface area contributed by atoms with E-state index in [1.165, 1.54) is 22.3 Å². The molecule has 0 spiro atoms. The summed E-state index contributed by atoms with van der Waals surface area (Å²) >= 11 is 0. The van der Waals surface area contributed by atoms with Crippen molar-refractivity contribution in [3.63, 3.8) is 0 Å². The smallest absolute Gasteiger partial charge is 0.122 e. The van der Waals surface area contributed by atoms with Crippen LogP contribution in [-0.4, -0.2) is 7.11 Å². The van der Waals surface area contributed by atoms with Gasteiger partial charge in [-0.2, -0.15) is 0 Å². The van der Waals surface area contributed by atoms with Gasteiger partial charge in [-0.3, -0.25) is 0 Å². The van der Waals surface area contributed by atoms with Crippen LogP contribution in [0.3, 0.4) is 0 Å². The zero-order valence-corrected chi connectivity index (χ0v) is 11.1. The largest absolute Gasteiger partial charge is 0.496 e. The van der Waals surface area contributed by atoms with Crippen LogP contribution in [0.25, 0.3) is 0 Å². The van der Waals surface area contributed by atoms with E-state index in [1.807, 2.05) is 0 Å². The van der Waals surface area contributed by atoms with Crippen LogP contribution in [0.4, 0.5) is 0 Å².